The van der Waals surface area contributed by atoms with Crippen molar-refractivity contribution in [2.45, 2.75) is 12.5 Å². The van der Waals surface area contributed by atoms with Gasteiger partial charge in [0.2, 0.25) is 0 Å². The molecule has 0 radical (unpaired) electrons. The van der Waals surface area contributed by atoms with Crippen molar-refractivity contribution in [2.24, 2.45) is 0 Å². The molecule has 1 rings (SSSR count). The number of hydrogen-bond donors (Lipinski definition) is 1. The molecule has 1 aromatic carbocycles. The van der Waals surface area contributed by atoms with Crippen LogP contribution in [0.3, 0.4) is 0 Å². The van der Waals surface area contributed by atoms with Crippen LogP contribution in [-0.4, -0.2) is 33.8 Å². The van der Waals surface area contributed by atoms with E-state index < -0.39 is 22.9 Å². The Kier molecular flexibility index (Phi) is 10.7. The highest BCUT2D eigenvalue weighted by Crippen LogP contribution is 2.26. The Morgan fingerprint density at radius 3 is 2.50 bits per heavy atom. The summed E-state index contributed by atoms with van der Waals surface area (Å²) >= 11 is 12.7. The number of carbonyl (C=O) groups excluding carboxylic acids is 1. The van der Waals surface area contributed by atoms with Crippen LogP contribution in [0.1, 0.15) is 5.56 Å². The first-order valence-electron chi connectivity index (χ1n) is 8.10. The summed E-state index contributed by atoms with van der Waals surface area (Å²) in [6.07, 6.45) is 0.0417. The van der Waals surface area contributed by atoms with E-state index in [0.29, 0.717) is 16.9 Å². The maximum absolute atomic E-state index is 12.3. The molecule has 162 valence electrons. The summed E-state index contributed by atoms with van der Waals surface area (Å²) in [6.45, 7) is 6.51. The summed E-state index contributed by atoms with van der Waals surface area (Å²) < 4.78 is 0. The van der Waals surface area contributed by atoms with Gasteiger partial charge < -0.3 is 15.0 Å². The molecule has 13 heteroatoms. The third kappa shape index (κ3) is 9.16. The minimum Gasteiger partial charge on any atom is -0.353 e. The first-order chi connectivity index (χ1) is 14.1. The molecule has 0 aromatic heterocycles. The first-order valence-corrected chi connectivity index (χ1v) is 9.84. The molecule has 0 bridgehead atoms. The van der Waals surface area contributed by atoms with Gasteiger partial charge in [0, 0.05) is 17.9 Å². The molecule has 0 aliphatic carbocycles. The predicted octanol–water partition coefficient (Wildman–Crippen LogP) is 4.07. The van der Waals surface area contributed by atoms with Gasteiger partial charge in [0.25, 0.3) is 10.2 Å². The Hall–Kier alpha value is -2.76. The highest BCUT2D eigenvalue weighted by molar-refractivity contribution is 8.13. The monoisotopic (exact) mass is 477 g/mol. The van der Waals surface area contributed by atoms with Gasteiger partial charge in [0.1, 0.15) is 12.7 Å². The van der Waals surface area contributed by atoms with Gasteiger partial charge in [-0.15, -0.1) is 20.2 Å². The number of thioether (sulfide) groups is 1. The highest BCUT2D eigenvalue weighted by Gasteiger charge is 2.19. The SMILES string of the molecule is C=C/C(Cl)=C(/Nc1ccccc1CC(=O)SCC(CO[N+](=O)[O-])O[N+](=O)[O-])C(=C)Cl. The van der Waals surface area contributed by atoms with E-state index in [0.717, 1.165) is 11.8 Å². The largest absolute Gasteiger partial charge is 0.353 e. The smallest absolute Gasteiger partial charge is 0.294 e. The molecule has 0 amide bonds. The first kappa shape index (κ1) is 25.3. The summed E-state index contributed by atoms with van der Waals surface area (Å²) in [5.74, 6) is -0.213. The molecule has 0 aliphatic rings. The van der Waals surface area contributed by atoms with Crippen molar-refractivity contribution in [2.75, 3.05) is 17.7 Å². The molecule has 30 heavy (non-hydrogen) atoms. The fourth-order valence-corrected chi connectivity index (χ4v) is 3.20. The number of carbonyl (C=O) groups is 1. The van der Waals surface area contributed by atoms with E-state index in [4.69, 9.17) is 23.2 Å². The van der Waals surface area contributed by atoms with Crippen molar-refractivity contribution < 1.29 is 24.6 Å². The molecule has 0 saturated heterocycles. The lowest BCUT2D eigenvalue weighted by atomic mass is 10.1. The quantitative estimate of drug-likeness (QED) is 0.253. The van der Waals surface area contributed by atoms with Crippen LogP contribution in [0.5, 0.6) is 0 Å². The van der Waals surface area contributed by atoms with E-state index in [1.165, 1.54) is 6.08 Å². The summed E-state index contributed by atoms with van der Waals surface area (Å²) in [5.41, 5.74) is 1.45. The van der Waals surface area contributed by atoms with E-state index in [2.05, 4.69) is 28.1 Å². The third-order valence-electron chi connectivity index (χ3n) is 3.33. The van der Waals surface area contributed by atoms with Crippen LogP contribution in [-0.2, 0) is 20.9 Å². The zero-order valence-corrected chi connectivity index (χ0v) is 17.7. The van der Waals surface area contributed by atoms with Crippen molar-refractivity contribution in [3.63, 3.8) is 0 Å². The molecule has 0 fully saturated rings. The summed E-state index contributed by atoms with van der Waals surface area (Å²) in [5, 5.41) is 21.6. The molecule has 1 N–H and O–H groups in total. The van der Waals surface area contributed by atoms with Crippen LogP contribution >= 0.6 is 35.0 Å². The Balaban J connectivity index is 2.84. The molecule has 1 unspecified atom stereocenters. The number of rotatable bonds is 13. The van der Waals surface area contributed by atoms with Crippen molar-refractivity contribution in [1.82, 2.24) is 0 Å². The second kappa shape index (κ2) is 12.7. The van der Waals surface area contributed by atoms with Gasteiger partial charge in [-0.25, -0.2) is 0 Å². The number of hydrogen-bond acceptors (Lipinski definition) is 9. The van der Waals surface area contributed by atoms with Crippen LogP contribution < -0.4 is 5.32 Å². The van der Waals surface area contributed by atoms with Crippen LogP contribution in [0.25, 0.3) is 0 Å². The number of halogens is 2. The third-order valence-corrected chi connectivity index (χ3v) is 4.87. The van der Waals surface area contributed by atoms with E-state index in [9.17, 15) is 25.0 Å². The molecule has 1 atom stereocenters. The normalized spacial score (nSPS) is 12.2. The van der Waals surface area contributed by atoms with Gasteiger partial charge in [-0.05, 0) is 17.7 Å². The van der Waals surface area contributed by atoms with Crippen molar-refractivity contribution >= 4 is 45.8 Å². The molecular formula is C17H17Cl2N3O7S. The Labute approximate surface area is 185 Å². The minimum atomic E-state index is -1.28. The summed E-state index contributed by atoms with van der Waals surface area (Å²) in [6, 6.07) is 6.84. The van der Waals surface area contributed by atoms with E-state index in [-0.39, 0.29) is 27.4 Å². The molecular weight excluding hydrogens is 461 g/mol. The number of anilines is 1. The van der Waals surface area contributed by atoms with E-state index in [1.54, 1.807) is 24.3 Å². The van der Waals surface area contributed by atoms with Crippen molar-refractivity contribution in [1.29, 1.82) is 0 Å². The number of para-hydroxylation sites is 1. The summed E-state index contributed by atoms with van der Waals surface area (Å²) in [7, 11) is 0. The number of nitrogens with one attached hydrogen (secondary N) is 1. The molecule has 1 aromatic rings. The molecule has 0 saturated carbocycles. The Bertz CT molecular complexity index is 864. The molecule has 0 aliphatic heterocycles. The minimum absolute atomic E-state index is 0.0527. The maximum Gasteiger partial charge on any atom is 0.294 e. The Morgan fingerprint density at radius 1 is 1.27 bits per heavy atom. The fourth-order valence-electron chi connectivity index (χ4n) is 2.06. The summed E-state index contributed by atoms with van der Waals surface area (Å²) in [4.78, 5) is 41.5. The van der Waals surface area contributed by atoms with Gasteiger partial charge in [-0.1, -0.05) is 66.3 Å². The molecule has 0 spiro atoms. The second-order valence-corrected chi connectivity index (χ2v) is 7.39. The zero-order chi connectivity index (χ0) is 22.7. The standard InChI is InChI=1S/C17H17Cl2N3O7S/c1-3-14(19)17(11(2)18)20-15-7-5-4-6-12(15)8-16(23)30-10-13(29-22(26)27)9-28-21(24)25/h3-7,13,20H,1-2,8-10H2/b17-14-. The van der Waals surface area contributed by atoms with Crippen LogP contribution in [0.2, 0.25) is 0 Å². The van der Waals surface area contributed by atoms with E-state index in [1.807, 2.05) is 0 Å². The molecule has 0 heterocycles. The zero-order valence-electron chi connectivity index (χ0n) is 15.4. The average Bonchev–Trinajstić information content (AvgIpc) is 2.68. The second-order valence-electron chi connectivity index (χ2n) is 5.44. The van der Waals surface area contributed by atoms with E-state index >= 15 is 0 Å². The predicted molar refractivity (Wildman–Crippen MR) is 114 cm³/mol. The van der Waals surface area contributed by atoms with Gasteiger partial charge in [0.05, 0.1) is 15.8 Å². The topological polar surface area (TPSA) is 134 Å². The average molecular weight is 478 g/mol. The number of benzene rings is 1. The van der Waals surface area contributed by atoms with Crippen molar-refractivity contribution in [3.8, 4) is 0 Å². The fraction of sp³-hybridized carbons (Fsp3) is 0.235. The lowest BCUT2D eigenvalue weighted by molar-refractivity contribution is -0.788. The van der Waals surface area contributed by atoms with Gasteiger partial charge >= 0.3 is 0 Å². The molecule has 10 nitrogen and oxygen atoms in total. The van der Waals surface area contributed by atoms with Crippen LogP contribution in [0.15, 0.2) is 59.3 Å². The van der Waals surface area contributed by atoms with Crippen LogP contribution in [0, 0.1) is 20.2 Å². The number of allylic oxidation sites excluding steroid dienone is 3. The number of nitrogens with zero attached hydrogens (tertiary/aromatic N) is 2. The van der Waals surface area contributed by atoms with Gasteiger partial charge in [0.15, 0.2) is 5.12 Å². The lowest BCUT2D eigenvalue weighted by Gasteiger charge is -2.15. The lowest BCUT2D eigenvalue weighted by Crippen LogP contribution is -2.27. The Morgan fingerprint density at radius 2 is 1.93 bits per heavy atom. The van der Waals surface area contributed by atoms with Gasteiger partial charge in [-0.2, -0.15) is 0 Å². The van der Waals surface area contributed by atoms with Gasteiger partial charge in [-0.3, -0.25) is 4.79 Å². The maximum atomic E-state index is 12.3. The van der Waals surface area contributed by atoms with Crippen molar-refractivity contribution in [3.05, 3.63) is 85.1 Å². The highest BCUT2D eigenvalue weighted by atomic mass is 35.5. The van der Waals surface area contributed by atoms with Crippen LogP contribution in [0.4, 0.5) is 5.69 Å².